The number of anilines is 3. The second-order valence-electron chi connectivity index (χ2n) is 6.03. The van der Waals surface area contributed by atoms with Crippen molar-refractivity contribution in [1.82, 2.24) is 9.97 Å². The van der Waals surface area contributed by atoms with Gasteiger partial charge in [-0.3, -0.25) is 14.9 Å². The van der Waals surface area contributed by atoms with E-state index in [0.29, 0.717) is 29.4 Å². The molecule has 2 aromatic carbocycles. The van der Waals surface area contributed by atoms with Gasteiger partial charge in [0.1, 0.15) is 0 Å². The van der Waals surface area contributed by atoms with Crippen molar-refractivity contribution in [2.75, 3.05) is 16.4 Å². The van der Waals surface area contributed by atoms with Crippen LogP contribution in [0.4, 0.5) is 23.0 Å². The van der Waals surface area contributed by atoms with Crippen LogP contribution in [0.25, 0.3) is 6.08 Å². The summed E-state index contributed by atoms with van der Waals surface area (Å²) in [6.07, 6.45) is 6.11. The van der Waals surface area contributed by atoms with Crippen LogP contribution in [0.15, 0.2) is 67.0 Å². The first-order chi connectivity index (χ1) is 14.0. The summed E-state index contributed by atoms with van der Waals surface area (Å²) in [6.45, 7) is 0.425. The first-order valence-electron chi connectivity index (χ1n) is 8.64. The Morgan fingerprint density at radius 1 is 1.10 bits per heavy atom. The van der Waals surface area contributed by atoms with Gasteiger partial charge >= 0.3 is 0 Å². The number of aromatic nitrogens is 2. The van der Waals surface area contributed by atoms with Gasteiger partial charge in [-0.05, 0) is 23.8 Å². The number of carbonyl (C=O) groups is 1. The van der Waals surface area contributed by atoms with E-state index in [1.807, 2.05) is 0 Å². The molecule has 0 aliphatic rings. The van der Waals surface area contributed by atoms with E-state index in [1.54, 1.807) is 54.9 Å². The molecule has 0 radical (unpaired) electrons. The minimum absolute atomic E-state index is 0.0418. The molecule has 4 N–H and O–H groups in total. The number of carbonyl (C=O) groups excluding carboxylic acids is 1. The molecular weight excluding hydrogens is 372 g/mol. The van der Waals surface area contributed by atoms with Crippen LogP contribution in [-0.4, -0.2) is 20.8 Å². The number of benzene rings is 2. The van der Waals surface area contributed by atoms with Crippen molar-refractivity contribution in [2.24, 2.45) is 0 Å². The van der Waals surface area contributed by atoms with Gasteiger partial charge in [0.15, 0.2) is 0 Å². The molecule has 0 unspecified atom stereocenters. The Balaban J connectivity index is 1.53. The summed E-state index contributed by atoms with van der Waals surface area (Å²) in [5.74, 6) is 0.0882. The molecule has 0 bridgehead atoms. The van der Waals surface area contributed by atoms with E-state index in [4.69, 9.17) is 5.73 Å². The van der Waals surface area contributed by atoms with Gasteiger partial charge in [-0.15, -0.1) is 0 Å². The van der Waals surface area contributed by atoms with Gasteiger partial charge in [-0.2, -0.15) is 0 Å². The van der Waals surface area contributed by atoms with E-state index in [-0.39, 0.29) is 11.6 Å². The Hall–Kier alpha value is -4.27. The van der Waals surface area contributed by atoms with Crippen LogP contribution in [0.2, 0.25) is 0 Å². The molecule has 29 heavy (non-hydrogen) atoms. The van der Waals surface area contributed by atoms with Crippen molar-refractivity contribution in [1.29, 1.82) is 0 Å². The van der Waals surface area contributed by atoms with Crippen molar-refractivity contribution >= 4 is 35.0 Å². The summed E-state index contributed by atoms with van der Waals surface area (Å²) >= 11 is 0. The lowest BCUT2D eigenvalue weighted by Gasteiger charge is -2.05. The van der Waals surface area contributed by atoms with E-state index in [2.05, 4.69) is 20.6 Å². The number of rotatable bonds is 7. The zero-order valence-electron chi connectivity index (χ0n) is 15.3. The van der Waals surface area contributed by atoms with Gasteiger partial charge in [-0.1, -0.05) is 24.3 Å². The van der Waals surface area contributed by atoms with E-state index in [0.717, 1.165) is 5.56 Å². The number of nitrogen functional groups attached to an aromatic ring is 1. The van der Waals surface area contributed by atoms with Crippen LogP contribution < -0.4 is 16.4 Å². The van der Waals surface area contributed by atoms with Crippen molar-refractivity contribution in [3.05, 3.63) is 88.2 Å². The lowest BCUT2D eigenvalue weighted by molar-refractivity contribution is -0.384. The Bertz CT molecular complexity index is 1030. The Labute approximate surface area is 166 Å². The van der Waals surface area contributed by atoms with E-state index >= 15 is 0 Å². The average molecular weight is 390 g/mol. The number of nitrogens with zero attached hydrogens (tertiary/aromatic N) is 3. The van der Waals surface area contributed by atoms with Gasteiger partial charge < -0.3 is 16.4 Å². The van der Waals surface area contributed by atoms with Crippen molar-refractivity contribution in [2.45, 2.75) is 6.54 Å². The quantitative estimate of drug-likeness (QED) is 0.244. The molecule has 1 aromatic heterocycles. The summed E-state index contributed by atoms with van der Waals surface area (Å²) in [4.78, 5) is 30.6. The fourth-order valence-electron chi connectivity index (χ4n) is 2.39. The van der Waals surface area contributed by atoms with Gasteiger partial charge in [0.05, 0.1) is 16.3 Å². The van der Waals surface area contributed by atoms with Crippen molar-refractivity contribution in [3.63, 3.8) is 0 Å². The van der Waals surface area contributed by atoms with E-state index in [1.165, 1.54) is 18.2 Å². The third-order valence-electron chi connectivity index (χ3n) is 3.92. The highest BCUT2D eigenvalue weighted by molar-refractivity contribution is 6.03. The molecular formula is C20H18N6O3. The minimum atomic E-state index is -0.443. The molecule has 0 atom stereocenters. The maximum absolute atomic E-state index is 12.0. The third kappa shape index (κ3) is 5.60. The third-order valence-corrected chi connectivity index (χ3v) is 3.92. The van der Waals surface area contributed by atoms with Crippen LogP contribution in [-0.2, 0) is 11.3 Å². The smallest absolute Gasteiger partial charge is 0.269 e. The molecule has 146 valence electrons. The van der Waals surface area contributed by atoms with Crippen LogP contribution in [0, 0.1) is 10.1 Å². The predicted molar refractivity (Wildman–Crippen MR) is 111 cm³/mol. The molecule has 3 aromatic rings. The minimum Gasteiger partial charge on any atom is -0.397 e. The lowest BCUT2D eigenvalue weighted by Crippen LogP contribution is -2.09. The fourth-order valence-corrected chi connectivity index (χ4v) is 2.39. The van der Waals surface area contributed by atoms with Crippen LogP contribution in [0.5, 0.6) is 0 Å². The van der Waals surface area contributed by atoms with E-state index < -0.39 is 4.92 Å². The SMILES string of the molecule is Nc1ccccc1NC(=O)C=Cc1cnc(NCc2ccc([N+](=O)[O-])cc2)nc1. The first-order valence-corrected chi connectivity index (χ1v) is 8.64. The highest BCUT2D eigenvalue weighted by atomic mass is 16.6. The number of hydrogen-bond donors (Lipinski definition) is 3. The first kappa shape index (κ1) is 19.5. The highest BCUT2D eigenvalue weighted by Crippen LogP contribution is 2.16. The maximum Gasteiger partial charge on any atom is 0.269 e. The van der Waals surface area contributed by atoms with Gasteiger partial charge in [0.2, 0.25) is 11.9 Å². The zero-order chi connectivity index (χ0) is 20.6. The van der Waals surface area contributed by atoms with Gasteiger partial charge in [-0.25, -0.2) is 9.97 Å². The monoisotopic (exact) mass is 390 g/mol. The standard InChI is InChI=1S/C20H18N6O3/c21-17-3-1-2-4-18(17)25-19(27)10-7-15-12-23-20(24-13-15)22-11-14-5-8-16(9-6-14)26(28)29/h1-10,12-13H,11,21H2,(H,25,27)(H,22,23,24). The summed E-state index contributed by atoms with van der Waals surface area (Å²) in [7, 11) is 0. The number of nitro groups is 1. The number of para-hydroxylation sites is 2. The Morgan fingerprint density at radius 2 is 1.79 bits per heavy atom. The van der Waals surface area contributed by atoms with Gasteiger partial charge in [0.25, 0.3) is 5.69 Å². The molecule has 0 spiro atoms. The molecule has 0 aliphatic heterocycles. The molecule has 0 aliphatic carbocycles. The molecule has 1 heterocycles. The summed E-state index contributed by atoms with van der Waals surface area (Å²) < 4.78 is 0. The van der Waals surface area contributed by atoms with Crippen molar-refractivity contribution < 1.29 is 9.72 Å². The number of nitrogens with two attached hydrogens (primary N) is 1. The maximum atomic E-state index is 12.0. The predicted octanol–water partition coefficient (Wildman–Crippen LogP) is 3.23. The number of amides is 1. The molecule has 0 fully saturated rings. The van der Waals surface area contributed by atoms with Gasteiger partial charge in [0, 0.05) is 42.7 Å². The normalized spacial score (nSPS) is 10.6. The van der Waals surface area contributed by atoms with Crippen LogP contribution >= 0.6 is 0 Å². The summed E-state index contributed by atoms with van der Waals surface area (Å²) in [5, 5.41) is 16.4. The molecule has 9 nitrogen and oxygen atoms in total. The number of hydrogen-bond acceptors (Lipinski definition) is 7. The molecule has 9 heteroatoms. The largest absolute Gasteiger partial charge is 0.397 e. The molecule has 1 amide bonds. The molecule has 0 saturated heterocycles. The Kier molecular flexibility index (Phi) is 6.11. The zero-order valence-corrected chi connectivity index (χ0v) is 15.3. The summed E-state index contributed by atoms with van der Waals surface area (Å²) in [5.41, 5.74) is 8.38. The number of nitrogens with one attached hydrogen (secondary N) is 2. The molecule has 0 saturated carbocycles. The number of non-ortho nitro benzene ring substituents is 1. The highest BCUT2D eigenvalue weighted by Gasteiger charge is 2.04. The fraction of sp³-hybridized carbons (Fsp3) is 0.0500. The lowest BCUT2D eigenvalue weighted by atomic mass is 10.2. The topological polar surface area (TPSA) is 136 Å². The average Bonchev–Trinajstić information content (AvgIpc) is 2.73. The number of nitro benzene ring substituents is 1. The molecule has 3 rings (SSSR count). The van der Waals surface area contributed by atoms with Crippen LogP contribution in [0.3, 0.4) is 0 Å². The Morgan fingerprint density at radius 3 is 2.45 bits per heavy atom. The van der Waals surface area contributed by atoms with Crippen LogP contribution in [0.1, 0.15) is 11.1 Å². The second-order valence-corrected chi connectivity index (χ2v) is 6.03. The second kappa shape index (κ2) is 9.09. The van der Waals surface area contributed by atoms with Crippen molar-refractivity contribution in [3.8, 4) is 0 Å². The van der Waals surface area contributed by atoms with E-state index in [9.17, 15) is 14.9 Å². The summed E-state index contributed by atoms with van der Waals surface area (Å²) in [6, 6.07) is 13.2.